The summed E-state index contributed by atoms with van der Waals surface area (Å²) in [5, 5.41) is 25.8. The second kappa shape index (κ2) is 8.50. The number of hydrogen-bond acceptors (Lipinski definition) is 7. The third-order valence-electron chi connectivity index (χ3n) is 4.35. The Balaban J connectivity index is 0.00000182. The number of β-lactam (4-membered cyclic amide) rings is 1. The van der Waals surface area contributed by atoms with E-state index in [9.17, 15) is 29.4 Å². The van der Waals surface area contributed by atoms with Crippen molar-refractivity contribution in [2.45, 2.75) is 42.0 Å². The number of carbonyl (C=O) groups is 4. The molecular formula is C15H17N2NaO7S2. The molecule has 9 nitrogen and oxygen atoms in total. The van der Waals surface area contributed by atoms with Crippen molar-refractivity contribution in [2.75, 3.05) is 0 Å². The van der Waals surface area contributed by atoms with Crippen LogP contribution in [0, 0.1) is 0 Å². The van der Waals surface area contributed by atoms with E-state index in [0.29, 0.717) is 5.56 Å². The van der Waals surface area contributed by atoms with Crippen LogP contribution in [0.25, 0.3) is 0 Å². The van der Waals surface area contributed by atoms with Crippen molar-refractivity contribution in [3.63, 3.8) is 0 Å². The summed E-state index contributed by atoms with van der Waals surface area (Å²) in [5.41, 5.74) is 0.339. The van der Waals surface area contributed by atoms with E-state index in [1.807, 2.05) is 0 Å². The third kappa shape index (κ3) is 4.03. The van der Waals surface area contributed by atoms with Crippen LogP contribution in [-0.4, -0.2) is 61.4 Å². The van der Waals surface area contributed by atoms with Crippen LogP contribution in [0.2, 0.25) is 0 Å². The van der Waals surface area contributed by atoms with Gasteiger partial charge in [0.15, 0.2) is 5.92 Å². The minimum absolute atomic E-state index is 0. The maximum Gasteiger partial charge on any atom is 1.00 e. The van der Waals surface area contributed by atoms with Gasteiger partial charge in [0.2, 0.25) is 11.8 Å². The molecule has 2 aliphatic rings. The van der Waals surface area contributed by atoms with Gasteiger partial charge in [-0.1, -0.05) is 0 Å². The summed E-state index contributed by atoms with van der Waals surface area (Å²) >= 11 is 2.52. The van der Waals surface area contributed by atoms with Gasteiger partial charge < -0.3 is 30.7 Å². The largest absolute Gasteiger partial charge is 1.00 e. The summed E-state index contributed by atoms with van der Waals surface area (Å²) in [6.07, 6.45) is 0. The Morgan fingerprint density at radius 2 is 2.00 bits per heavy atom. The molecule has 142 valence electrons. The van der Waals surface area contributed by atoms with E-state index >= 15 is 0 Å². The monoisotopic (exact) mass is 424 g/mol. The van der Waals surface area contributed by atoms with Crippen molar-refractivity contribution in [3.05, 3.63) is 22.4 Å². The van der Waals surface area contributed by atoms with Crippen LogP contribution < -0.4 is 40.0 Å². The first-order valence-corrected chi connectivity index (χ1v) is 9.23. The molecule has 3 heterocycles. The summed E-state index contributed by atoms with van der Waals surface area (Å²) in [7, 11) is 0. The van der Waals surface area contributed by atoms with Crippen LogP contribution in [0.5, 0.6) is 0 Å². The fraction of sp³-hybridized carbons (Fsp3) is 0.467. The molecule has 2 amide bonds. The van der Waals surface area contributed by atoms with Crippen LogP contribution in [0.3, 0.4) is 0 Å². The molecule has 27 heavy (non-hydrogen) atoms. The van der Waals surface area contributed by atoms with Gasteiger partial charge in [-0.15, -0.1) is 11.8 Å². The Morgan fingerprint density at radius 3 is 2.48 bits per heavy atom. The molecule has 0 aliphatic carbocycles. The number of aliphatic carboxylic acids is 2. The molecule has 12 heteroatoms. The number of fused-ring (bicyclic) bond motifs is 1. The Hall–Kier alpha value is -1.11. The molecule has 4 atom stereocenters. The average Bonchev–Trinajstić information content (AvgIpc) is 3.09. The van der Waals surface area contributed by atoms with Crippen LogP contribution in [-0.2, 0) is 19.2 Å². The zero-order valence-corrected chi connectivity index (χ0v) is 18.4. The predicted octanol–water partition coefficient (Wildman–Crippen LogP) is -4.61. The molecule has 2 saturated heterocycles. The first-order valence-electron chi connectivity index (χ1n) is 7.41. The van der Waals surface area contributed by atoms with E-state index in [2.05, 4.69) is 5.32 Å². The number of thiophene rings is 1. The van der Waals surface area contributed by atoms with E-state index < -0.39 is 51.9 Å². The molecule has 4 N–H and O–H groups in total. The molecule has 1 aromatic heterocycles. The fourth-order valence-electron chi connectivity index (χ4n) is 3.21. The van der Waals surface area contributed by atoms with Gasteiger partial charge in [0.25, 0.3) is 0 Å². The van der Waals surface area contributed by atoms with Crippen molar-refractivity contribution in [2.24, 2.45) is 0 Å². The predicted molar refractivity (Wildman–Crippen MR) is 91.3 cm³/mol. The fourth-order valence-corrected chi connectivity index (χ4v) is 5.52. The van der Waals surface area contributed by atoms with Gasteiger partial charge in [-0.2, -0.15) is 11.3 Å². The first kappa shape index (κ1) is 23.9. The maximum atomic E-state index is 12.4. The molecule has 3 rings (SSSR count). The summed E-state index contributed by atoms with van der Waals surface area (Å²) in [6, 6.07) is -0.491. The van der Waals surface area contributed by atoms with Gasteiger partial charge in [0, 0.05) is 4.75 Å². The Morgan fingerprint density at radius 1 is 1.37 bits per heavy atom. The van der Waals surface area contributed by atoms with E-state index in [4.69, 9.17) is 0 Å². The number of nitrogens with zero attached hydrogens (tertiary/aromatic N) is 1. The van der Waals surface area contributed by atoms with Gasteiger partial charge in [-0.05, 0) is 36.2 Å². The third-order valence-corrected chi connectivity index (χ3v) is 6.62. The minimum atomic E-state index is -1.41. The standard InChI is InChI=1S/C15H16N2O6S2.Na.H2O/c1-15(2)9(14(22)23)17-11(19)8(12(17)25-15)16-10(18)7(13(20)21)6-3-4-24-5-6;;/h3-5,7-9,12H,1-2H3,(H,16,18)(H,20,21)(H,22,23);;1H2/q;+1;/p-1/t7-,8-,9+,12-;;/m1../s1. The number of nitrogens with one attached hydrogen (secondary N) is 1. The Bertz CT molecular complexity index is 755. The number of amides is 2. The normalized spacial score (nSPS) is 25.9. The van der Waals surface area contributed by atoms with Crippen LogP contribution >= 0.6 is 23.1 Å². The topological polar surface area (TPSA) is 158 Å². The van der Waals surface area contributed by atoms with Crippen molar-refractivity contribution >= 4 is 46.9 Å². The zero-order chi connectivity index (χ0) is 18.5. The van der Waals surface area contributed by atoms with Gasteiger partial charge in [0.1, 0.15) is 11.4 Å². The van der Waals surface area contributed by atoms with Gasteiger partial charge in [-0.25, -0.2) is 0 Å². The molecule has 0 unspecified atom stereocenters. The van der Waals surface area contributed by atoms with Crippen LogP contribution in [0.4, 0.5) is 0 Å². The number of rotatable bonds is 5. The maximum absolute atomic E-state index is 12.4. The molecule has 0 radical (unpaired) electrons. The van der Waals surface area contributed by atoms with Gasteiger partial charge in [0.05, 0.1) is 12.0 Å². The minimum Gasteiger partial charge on any atom is -0.548 e. The molecule has 0 saturated carbocycles. The quantitative estimate of drug-likeness (QED) is 0.273. The van der Waals surface area contributed by atoms with E-state index in [1.54, 1.807) is 24.6 Å². The summed E-state index contributed by atoms with van der Waals surface area (Å²) in [6.45, 7) is 3.38. The van der Waals surface area contributed by atoms with Gasteiger partial charge in [-0.3, -0.25) is 14.4 Å². The Labute approximate surface area is 185 Å². The zero-order valence-electron chi connectivity index (χ0n) is 14.8. The number of thioether (sulfide) groups is 1. The Kier molecular flexibility index (Phi) is 7.53. The molecule has 0 spiro atoms. The molecule has 2 fully saturated rings. The molecular weight excluding hydrogens is 407 g/mol. The van der Waals surface area contributed by atoms with Crippen molar-refractivity contribution in [3.8, 4) is 0 Å². The molecule has 0 aromatic carbocycles. The SMILES string of the molecule is CC1(C)S[C@@H]2[C@H](NC(=O)[C@H](C(=O)O)c3ccsc3)C(=O)N2[C@H]1C(=O)[O-].O.[Na+]. The number of carbonyl (C=O) groups excluding carboxylic acids is 3. The number of hydrogen-bond donors (Lipinski definition) is 2. The smallest absolute Gasteiger partial charge is 0.548 e. The van der Waals surface area contributed by atoms with Gasteiger partial charge >= 0.3 is 35.5 Å². The van der Waals surface area contributed by atoms with E-state index in [-0.39, 0.29) is 35.0 Å². The number of carboxylic acids is 2. The molecule has 1 aromatic rings. The molecule has 0 bridgehead atoms. The van der Waals surface area contributed by atoms with Crippen molar-refractivity contribution in [1.29, 1.82) is 0 Å². The summed E-state index contributed by atoms with van der Waals surface area (Å²) in [4.78, 5) is 48.7. The van der Waals surface area contributed by atoms with Crippen LogP contribution in [0.1, 0.15) is 25.3 Å². The first-order chi connectivity index (χ1) is 11.6. The van der Waals surface area contributed by atoms with E-state index in [0.717, 1.165) is 0 Å². The van der Waals surface area contributed by atoms with Crippen LogP contribution in [0.15, 0.2) is 16.8 Å². The second-order valence-electron chi connectivity index (χ2n) is 6.39. The number of carboxylic acid groups (broad SMARTS) is 2. The summed E-state index contributed by atoms with van der Waals surface area (Å²) < 4.78 is -0.766. The average molecular weight is 424 g/mol. The molecule has 2 aliphatic heterocycles. The van der Waals surface area contributed by atoms with Crippen molar-refractivity contribution < 1.29 is 64.4 Å². The second-order valence-corrected chi connectivity index (χ2v) is 8.94. The van der Waals surface area contributed by atoms with E-state index in [1.165, 1.54) is 34.1 Å². The van der Waals surface area contributed by atoms with Crippen molar-refractivity contribution in [1.82, 2.24) is 10.2 Å². The summed E-state index contributed by atoms with van der Waals surface area (Å²) in [5.74, 6) is -5.41.